The third kappa shape index (κ3) is 4.09. The summed E-state index contributed by atoms with van der Waals surface area (Å²) < 4.78 is 5.97. The van der Waals surface area contributed by atoms with Crippen LogP contribution in [0.25, 0.3) is 0 Å². The molecular weight excluding hydrogens is 402 g/mol. The van der Waals surface area contributed by atoms with Crippen molar-refractivity contribution >= 4 is 34.9 Å². The minimum atomic E-state index is -0.376. The van der Waals surface area contributed by atoms with Gasteiger partial charge in [0.25, 0.3) is 5.91 Å². The fourth-order valence-electron chi connectivity index (χ4n) is 3.21. The van der Waals surface area contributed by atoms with Crippen molar-refractivity contribution < 1.29 is 14.3 Å². The smallest absolute Gasteiger partial charge is 0.319 e. The monoisotopic (exact) mass is 421 g/mol. The number of halogens is 1. The highest BCUT2D eigenvalue weighted by atomic mass is 35.5. The number of hydrogen-bond acceptors (Lipinski definition) is 3. The average molecular weight is 422 g/mol. The molecule has 0 spiro atoms. The normalized spacial score (nSPS) is 12.4. The predicted octanol–water partition coefficient (Wildman–Crippen LogP) is 5.35. The molecule has 0 aliphatic carbocycles. The summed E-state index contributed by atoms with van der Waals surface area (Å²) in [5.41, 5.74) is 3.53. The van der Waals surface area contributed by atoms with Gasteiger partial charge < -0.3 is 20.3 Å². The van der Waals surface area contributed by atoms with Gasteiger partial charge in [-0.2, -0.15) is 0 Å². The van der Waals surface area contributed by atoms with Gasteiger partial charge in [-0.3, -0.25) is 4.79 Å². The molecule has 152 valence electrons. The number of amides is 3. The number of anilines is 2. The van der Waals surface area contributed by atoms with Gasteiger partial charge >= 0.3 is 6.03 Å². The van der Waals surface area contributed by atoms with Crippen molar-refractivity contribution in [3.8, 4) is 11.5 Å². The van der Waals surface area contributed by atoms with E-state index in [9.17, 15) is 9.59 Å². The van der Waals surface area contributed by atoms with E-state index in [2.05, 4.69) is 10.6 Å². The van der Waals surface area contributed by atoms with E-state index in [1.54, 1.807) is 42.3 Å². The fraction of sp³-hybridized carbons (Fsp3) is 0.130. The highest BCUT2D eigenvalue weighted by Gasteiger charge is 2.26. The minimum Gasteiger partial charge on any atom is -0.454 e. The molecule has 0 aromatic heterocycles. The van der Waals surface area contributed by atoms with Crippen LogP contribution in [0.1, 0.15) is 21.5 Å². The molecule has 30 heavy (non-hydrogen) atoms. The number of aryl methyl sites for hydroxylation is 1. The lowest BCUT2D eigenvalue weighted by molar-refractivity contribution is 0.0993. The Labute approximate surface area is 179 Å². The molecule has 0 unspecified atom stereocenters. The average Bonchev–Trinajstić information content (AvgIpc) is 2.83. The molecule has 7 heteroatoms. The first-order chi connectivity index (χ1) is 14.4. The van der Waals surface area contributed by atoms with Crippen molar-refractivity contribution in [3.63, 3.8) is 0 Å². The highest BCUT2D eigenvalue weighted by Crippen LogP contribution is 2.39. The maximum Gasteiger partial charge on any atom is 0.319 e. The molecule has 0 fully saturated rings. The number of rotatable bonds is 3. The highest BCUT2D eigenvalue weighted by molar-refractivity contribution is 6.30. The van der Waals surface area contributed by atoms with Crippen molar-refractivity contribution in [1.29, 1.82) is 0 Å². The molecule has 3 aromatic carbocycles. The Hall–Kier alpha value is -3.51. The molecule has 0 saturated carbocycles. The summed E-state index contributed by atoms with van der Waals surface area (Å²) >= 11 is 5.87. The zero-order valence-electron chi connectivity index (χ0n) is 16.5. The molecular formula is C23H20ClN3O3. The summed E-state index contributed by atoms with van der Waals surface area (Å²) in [5, 5.41) is 6.18. The second-order valence-electron chi connectivity index (χ2n) is 7.08. The molecule has 0 atom stereocenters. The van der Waals surface area contributed by atoms with Gasteiger partial charge in [-0.05, 0) is 60.5 Å². The first kappa shape index (κ1) is 19.8. The number of ether oxygens (including phenoxy) is 1. The molecule has 2 N–H and O–H groups in total. The third-order valence-electron chi connectivity index (χ3n) is 4.83. The van der Waals surface area contributed by atoms with Crippen LogP contribution in [0.15, 0.2) is 60.7 Å². The van der Waals surface area contributed by atoms with E-state index in [1.807, 2.05) is 37.3 Å². The van der Waals surface area contributed by atoms with Gasteiger partial charge in [0.2, 0.25) is 0 Å². The second-order valence-corrected chi connectivity index (χ2v) is 7.52. The minimum absolute atomic E-state index is 0.209. The van der Waals surface area contributed by atoms with Gasteiger partial charge in [0.05, 0.1) is 11.3 Å². The van der Waals surface area contributed by atoms with Crippen molar-refractivity contribution in [2.75, 3.05) is 17.3 Å². The molecule has 0 bridgehead atoms. The van der Waals surface area contributed by atoms with Crippen LogP contribution in [0.2, 0.25) is 5.02 Å². The van der Waals surface area contributed by atoms with Crippen LogP contribution in [0.3, 0.4) is 0 Å². The number of fused-ring (bicyclic) bond motifs is 2. The Morgan fingerprint density at radius 1 is 1.03 bits per heavy atom. The Bertz CT molecular complexity index is 1130. The topological polar surface area (TPSA) is 70.7 Å². The molecule has 0 radical (unpaired) electrons. The number of carbonyl (C=O) groups is 2. The Morgan fingerprint density at radius 2 is 1.77 bits per heavy atom. The molecule has 1 heterocycles. The first-order valence-corrected chi connectivity index (χ1v) is 9.78. The standard InChI is InChI=1S/C23H20ClN3O3/c1-14-3-9-21-19(11-14)27(2)22(28)18-12-17(8-10-20(18)30-21)26-23(29)25-13-15-4-6-16(24)7-5-15/h3-12H,13H2,1-2H3,(H2,25,26,29). The number of carbonyl (C=O) groups excluding carboxylic acids is 2. The van der Waals surface area contributed by atoms with Crippen molar-refractivity contribution in [2.45, 2.75) is 13.5 Å². The van der Waals surface area contributed by atoms with Crippen LogP contribution in [0, 0.1) is 6.92 Å². The van der Waals surface area contributed by atoms with Crippen molar-refractivity contribution in [1.82, 2.24) is 5.32 Å². The van der Waals surface area contributed by atoms with Gasteiger partial charge in [-0.1, -0.05) is 29.8 Å². The van der Waals surface area contributed by atoms with Crippen LogP contribution in [0.4, 0.5) is 16.2 Å². The van der Waals surface area contributed by atoms with E-state index in [0.29, 0.717) is 40.0 Å². The van der Waals surface area contributed by atoms with Crippen molar-refractivity contribution in [3.05, 3.63) is 82.4 Å². The van der Waals surface area contributed by atoms with E-state index in [1.165, 1.54) is 0 Å². The lowest BCUT2D eigenvalue weighted by Gasteiger charge is -2.16. The summed E-state index contributed by atoms with van der Waals surface area (Å²) in [6.45, 7) is 2.31. The Kier molecular flexibility index (Phi) is 5.33. The number of nitrogens with one attached hydrogen (secondary N) is 2. The number of benzene rings is 3. The Morgan fingerprint density at radius 3 is 2.53 bits per heavy atom. The first-order valence-electron chi connectivity index (χ1n) is 9.40. The van der Waals surface area contributed by atoms with E-state index in [4.69, 9.17) is 16.3 Å². The van der Waals surface area contributed by atoms with E-state index < -0.39 is 0 Å². The summed E-state index contributed by atoms with van der Waals surface area (Å²) in [5.74, 6) is 0.845. The molecule has 1 aliphatic heterocycles. The molecule has 0 saturated heterocycles. The van der Waals surface area contributed by atoms with Crippen LogP contribution in [-0.2, 0) is 6.54 Å². The van der Waals surface area contributed by atoms with E-state index in [-0.39, 0.29) is 11.9 Å². The van der Waals surface area contributed by atoms with Crippen LogP contribution >= 0.6 is 11.6 Å². The molecule has 4 rings (SSSR count). The molecule has 6 nitrogen and oxygen atoms in total. The quantitative estimate of drug-likeness (QED) is 0.598. The molecule has 3 amide bonds. The molecule has 1 aliphatic rings. The van der Waals surface area contributed by atoms with Gasteiger partial charge in [-0.15, -0.1) is 0 Å². The summed E-state index contributed by atoms with van der Waals surface area (Å²) in [4.78, 5) is 26.8. The van der Waals surface area contributed by atoms with Crippen molar-refractivity contribution in [2.24, 2.45) is 0 Å². The number of hydrogen-bond donors (Lipinski definition) is 2. The van der Waals surface area contributed by atoms with E-state index in [0.717, 1.165) is 11.1 Å². The lowest BCUT2D eigenvalue weighted by Crippen LogP contribution is -2.28. The zero-order valence-corrected chi connectivity index (χ0v) is 17.3. The third-order valence-corrected chi connectivity index (χ3v) is 5.09. The van der Waals surface area contributed by atoms with Crippen LogP contribution < -0.4 is 20.3 Å². The van der Waals surface area contributed by atoms with Crippen LogP contribution in [0.5, 0.6) is 11.5 Å². The van der Waals surface area contributed by atoms with Gasteiger partial charge in [-0.25, -0.2) is 4.79 Å². The summed E-state index contributed by atoms with van der Waals surface area (Å²) in [6.07, 6.45) is 0. The Balaban J connectivity index is 1.50. The predicted molar refractivity (Wildman–Crippen MR) is 118 cm³/mol. The second kappa shape index (κ2) is 8.08. The largest absolute Gasteiger partial charge is 0.454 e. The van der Waals surface area contributed by atoms with Crippen LogP contribution in [-0.4, -0.2) is 19.0 Å². The number of nitrogens with zero attached hydrogens (tertiary/aromatic N) is 1. The number of urea groups is 1. The summed E-state index contributed by atoms with van der Waals surface area (Å²) in [7, 11) is 1.71. The zero-order chi connectivity index (χ0) is 21.3. The molecule has 3 aromatic rings. The van der Waals surface area contributed by atoms with E-state index >= 15 is 0 Å². The van der Waals surface area contributed by atoms with Gasteiger partial charge in [0.1, 0.15) is 5.75 Å². The maximum atomic E-state index is 13.0. The fourth-order valence-corrected chi connectivity index (χ4v) is 3.33. The van der Waals surface area contributed by atoms with Gasteiger partial charge in [0, 0.05) is 24.3 Å². The SMILES string of the molecule is Cc1ccc2c(c1)N(C)C(=O)c1cc(NC(=O)NCc3ccc(Cl)cc3)ccc1O2. The van der Waals surface area contributed by atoms with Gasteiger partial charge in [0.15, 0.2) is 5.75 Å². The maximum absolute atomic E-state index is 13.0. The summed E-state index contributed by atoms with van der Waals surface area (Å²) in [6, 6.07) is 17.5. The lowest BCUT2D eigenvalue weighted by atomic mass is 10.1.